The molecule has 0 fully saturated rings. The van der Waals surface area contributed by atoms with E-state index < -0.39 is 0 Å². The first-order chi connectivity index (χ1) is 8.20. The summed E-state index contributed by atoms with van der Waals surface area (Å²) in [4.78, 5) is 0. The van der Waals surface area contributed by atoms with Crippen LogP contribution in [0.3, 0.4) is 0 Å². The second-order valence-electron chi connectivity index (χ2n) is 3.94. The average molecular weight is 264 g/mol. The van der Waals surface area contributed by atoms with Crippen molar-refractivity contribution in [2.75, 3.05) is 0 Å². The number of rotatable bonds is 3. The highest BCUT2D eigenvalue weighted by Gasteiger charge is 2.02. The van der Waals surface area contributed by atoms with Crippen LogP contribution in [0.2, 0.25) is 10.0 Å². The van der Waals surface area contributed by atoms with Crippen molar-refractivity contribution >= 4 is 23.2 Å². The van der Waals surface area contributed by atoms with Gasteiger partial charge < -0.3 is 0 Å². The molecule has 87 valence electrons. The summed E-state index contributed by atoms with van der Waals surface area (Å²) >= 11 is 11.9. The van der Waals surface area contributed by atoms with E-state index in [1.807, 2.05) is 18.2 Å². The van der Waals surface area contributed by atoms with Gasteiger partial charge in [0.2, 0.25) is 0 Å². The van der Waals surface area contributed by atoms with E-state index in [0.717, 1.165) is 17.5 Å². The second-order valence-corrected chi connectivity index (χ2v) is 4.75. The minimum absolute atomic E-state index is 0.590. The summed E-state index contributed by atoms with van der Waals surface area (Å²) in [5, 5.41) is 1.18. The molecule has 0 atom stereocenters. The van der Waals surface area contributed by atoms with Gasteiger partial charge in [-0.3, -0.25) is 0 Å². The van der Waals surface area contributed by atoms with Gasteiger partial charge in [0.15, 0.2) is 0 Å². The van der Waals surface area contributed by atoms with Gasteiger partial charge in [0.1, 0.15) is 0 Å². The summed E-state index contributed by atoms with van der Waals surface area (Å²) in [6.45, 7) is 2.06. The molecule has 0 amide bonds. The molecule has 0 nitrogen and oxygen atoms in total. The lowest BCUT2D eigenvalue weighted by Crippen LogP contribution is -1.84. The highest BCUT2D eigenvalue weighted by molar-refractivity contribution is 6.42. The molecule has 0 unspecified atom stereocenters. The third kappa shape index (κ3) is 3.02. The molecule has 2 aromatic carbocycles. The van der Waals surface area contributed by atoms with Crippen LogP contribution in [0.15, 0.2) is 42.5 Å². The molecule has 0 saturated heterocycles. The maximum absolute atomic E-state index is 6.01. The van der Waals surface area contributed by atoms with Crippen molar-refractivity contribution < 1.29 is 0 Å². The molecule has 0 bridgehead atoms. The summed E-state index contributed by atoms with van der Waals surface area (Å²) in [6, 6.07) is 14.2. The van der Waals surface area contributed by atoms with Gasteiger partial charge in [0.05, 0.1) is 10.0 Å². The van der Waals surface area contributed by atoms with Crippen LogP contribution in [0.5, 0.6) is 0 Å². The molecule has 0 aliphatic carbocycles. The fraction of sp³-hybridized carbons (Fsp3) is 0.133. The van der Waals surface area contributed by atoms with E-state index in [2.05, 4.69) is 37.6 Å². The quantitative estimate of drug-likeness (QED) is 0.693. The minimum atomic E-state index is 0.590. The SMILES string of the molecule is C[CH]Cc1ccc(-c2ccc(Cl)c(Cl)c2)cc1. The van der Waals surface area contributed by atoms with Gasteiger partial charge >= 0.3 is 0 Å². The molecule has 0 N–H and O–H groups in total. The van der Waals surface area contributed by atoms with Crippen molar-refractivity contribution in [3.8, 4) is 11.1 Å². The Morgan fingerprint density at radius 1 is 0.882 bits per heavy atom. The van der Waals surface area contributed by atoms with Crippen molar-refractivity contribution in [1.29, 1.82) is 0 Å². The molecule has 2 heteroatoms. The van der Waals surface area contributed by atoms with Gasteiger partial charge in [-0.2, -0.15) is 0 Å². The number of hydrogen-bond acceptors (Lipinski definition) is 0. The maximum Gasteiger partial charge on any atom is 0.0598 e. The Morgan fingerprint density at radius 2 is 1.53 bits per heavy atom. The Kier molecular flexibility index (Phi) is 4.09. The molecule has 17 heavy (non-hydrogen) atoms. The normalized spacial score (nSPS) is 10.5. The molecule has 2 rings (SSSR count). The van der Waals surface area contributed by atoms with Crippen molar-refractivity contribution in [3.05, 3.63) is 64.5 Å². The summed E-state index contributed by atoms with van der Waals surface area (Å²) in [5.74, 6) is 0. The summed E-state index contributed by atoms with van der Waals surface area (Å²) < 4.78 is 0. The lowest BCUT2D eigenvalue weighted by Gasteiger charge is -2.05. The van der Waals surface area contributed by atoms with Crippen LogP contribution >= 0.6 is 23.2 Å². The molecule has 1 radical (unpaired) electrons. The van der Waals surface area contributed by atoms with Gasteiger partial charge in [-0.25, -0.2) is 0 Å². The monoisotopic (exact) mass is 263 g/mol. The smallest absolute Gasteiger partial charge is 0.0598 e. The predicted molar refractivity (Wildman–Crippen MR) is 75.6 cm³/mol. The molecule has 0 aliphatic rings. The van der Waals surface area contributed by atoms with Gasteiger partial charge in [0.25, 0.3) is 0 Å². The van der Waals surface area contributed by atoms with Crippen molar-refractivity contribution in [3.63, 3.8) is 0 Å². The van der Waals surface area contributed by atoms with Crippen LogP contribution in [0.4, 0.5) is 0 Å². The van der Waals surface area contributed by atoms with Crippen LogP contribution in [0.25, 0.3) is 11.1 Å². The molecule has 2 aromatic rings. The predicted octanol–water partition coefficient (Wildman–Crippen LogP) is 5.43. The van der Waals surface area contributed by atoms with Crippen molar-refractivity contribution in [2.45, 2.75) is 13.3 Å². The zero-order valence-electron chi connectivity index (χ0n) is 9.58. The Labute approximate surface area is 112 Å². The van der Waals surface area contributed by atoms with E-state index >= 15 is 0 Å². The highest BCUT2D eigenvalue weighted by atomic mass is 35.5. The van der Waals surface area contributed by atoms with E-state index in [9.17, 15) is 0 Å². The second kappa shape index (κ2) is 5.57. The third-order valence-electron chi connectivity index (χ3n) is 2.65. The van der Waals surface area contributed by atoms with Gasteiger partial charge in [-0.05, 0) is 41.7 Å². The summed E-state index contributed by atoms with van der Waals surface area (Å²) in [6.07, 6.45) is 3.15. The molecule has 0 aliphatic heterocycles. The van der Waals surface area contributed by atoms with E-state index in [1.165, 1.54) is 5.56 Å². The molecular formula is C15H13Cl2. The van der Waals surface area contributed by atoms with Gasteiger partial charge in [-0.1, -0.05) is 60.5 Å². The standard InChI is InChI=1S/C15H13Cl2/c1-2-3-11-4-6-12(7-5-11)13-8-9-14(16)15(17)10-13/h2,4-10H,3H2,1H3. The Bertz CT molecular complexity index is 501. The Hall–Kier alpha value is -0.980. The van der Waals surface area contributed by atoms with E-state index in [4.69, 9.17) is 23.2 Å². The number of benzene rings is 2. The first kappa shape index (κ1) is 12.5. The number of halogens is 2. The van der Waals surface area contributed by atoms with Crippen molar-refractivity contribution in [1.82, 2.24) is 0 Å². The summed E-state index contributed by atoms with van der Waals surface area (Å²) in [5.41, 5.74) is 3.56. The largest absolute Gasteiger partial charge is 0.0827 e. The van der Waals surface area contributed by atoms with E-state index in [-0.39, 0.29) is 0 Å². The Balaban J connectivity index is 2.30. The number of hydrogen-bond donors (Lipinski definition) is 0. The lowest BCUT2D eigenvalue weighted by atomic mass is 10.0. The fourth-order valence-electron chi connectivity index (χ4n) is 1.74. The molecule has 0 heterocycles. The minimum Gasteiger partial charge on any atom is -0.0827 e. The van der Waals surface area contributed by atoms with Crippen LogP contribution in [0.1, 0.15) is 12.5 Å². The first-order valence-corrected chi connectivity index (χ1v) is 6.28. The zero-order valence-corrected chi connectivity index (χ0v) is 11.1. The third-order valence-corrected chi connectivity index (χ3v) is 3.39. The van der Waals surface area contributed by atoms with Crippen LogP contribution < -0.4 is 0 Å². The van der Waals surface area contributed by atoms with Gasteiger partial charge in [-0.15, -0.1) is 0 Å². The van der Waals surface area contributed by atoms with Crippen LogP contribution in [-0.2, 0) is 6.42 Å². The molecule has 0 saturated carbocycles. The van der Waals surface area contributed by atoms with Crippen molar-refractivity contribution in [2.24, 2.45) is 0 Å². The van der Waals surface area contributed by atoms with Crippen LogP contribution in [0, 0.1) is 6.42 Å². The lowest BCUT2D eigenvalue weighted by molar-refractivity contribution is 1.14. The van der Waals surface area contributed by atoms with E-state index in [0.29, 0.717) is 10.0 Å². The molecule has 0 spiro atoms. The first-order valence-electron chi connectivity index (χ1n) is 5.53. The van der Waals surface area contributed by atoms with Crippen LogP contribution in [-0.4, -0.2) is 0 Å². The Morgan fingerprint density at radius 3 is 2.12 bits per heavy atom. The topological polar surface area (TPSA) is 0 Å². The fourth-order valence-corrected chi connectivity index (χ4v) is 2.04. The molecular weight excluding hydrogens is 251 g/mol. The van der Waals surface area contributed by atoms with Gasteiger partial charge in [0, 0.05) is 0 Å². The highest BCUT2D eigenvalue weighted by Crippen LogP contribution is 2.28. The average Bonchev–Trinajstić information content (AvgIpc) is 2.34. The van der Waals surface area contributed by atoms with E-state index in [1.54, 1.807) is 0 Å². The molecule has 0 aromatic heterocycles. The zero-order chi connectivity index (χ0) is 12.3. The maximum atomic E-state index is 6.01. The summed E-state index contributed by atoms with van der Waals surface area (Å²) in [7, 11) is 0.